The topological polar surface area (TPSA) is 0 Å². The fraction of sp³-hybridized carbons (Fsp3) is 0.385. The average Bonchev–Trinajstić information content (AvgIpc) is 2.39. The first-order chi connectivity index (χ1) is 6.93. The Labute approximate surface area is 133 Å². The molecule has 0 fully saturated rings. The summed E-state index contributed by atoms with van der Waals surface area (Å²) in [4.78, 5) is 0. The maximum Gasteiger partial charge on any atom is -1.00 e. The van der Waals surface area contributed by atoms with Crippen molar-refractivity contribution < 1.29 is 49.5 Å². The maximum atomic E-state index is 2.46. The van der Waals surface area contributed by atoms with Crippen molar-refractivity contribution in [2.75, 3.05) is 0 Å². The van der Waals surface area contributed by atoms with E-state index in [4.69, 9.17) is 0 Å². The van der Waals surface area contributed by atoms with Gasteiger partial charge < -0.3 is 24.8 Å². The Hall–Kier alpha value is 0.640. The van der Waals surface area contributed by atoms with Gasteiger partial charge in [-0.3, -0.25) is 0 Å². The Morgan fingerprint density at radius 2 is 1.59 bits per heavy atom. The summed E-state index contributed by atoms with van der Waals surface area (Å²) >= 11 is 1.63. The molecule has 0 radical (unpaired) electrons. The van der Waals surface area contributed by atoms with Gasteiger partial charge in [0.15, 0.2) is 0 Å². The molecule has 0 bridgehead atoms. The second-order valence-corrected chi connectivity index (χ2v) is 11.7. The van der Waals surface area contributed by atoms with Crippen LogP contribution in [0.2, 0.25) is 19.6 Å². The number of halogens is 2. The van der Waals surface area contributed by atoms with Crippen molar-refractivity contribution in [2.45, 2.75) is 30.2 Å². The summed E-state index contributed by atoms with van der Waals surface area (Å²) in [5.74, 6) is 0. The van der Waals surface area contributed by atoms with Crippen molar-refractivity contribution in [3.8, 4) is 0 Å². The summed E-state index contributed by atoms with van der Waals surface area (Å²) in [6, 6.07) is 8.98. The van der Waals surface area contributed by atoms with E-state index in [9.17, 15) is 0 Å². The van der Waals surface area contributed by atoms with E-state index >= 15 is 0 Å². The Kier molecular flexibility index (Phi) is 6.42. The van der Waals surface area contributed by atoms with Crippen LogP contribution in [0.25, 0.3) is 5.20 Å². The zero-order valence-corrected chi connectivity index (χ0v) is 15.6. The molecule has 91 valence electrons. The minimum absolute atomic E-state index is 0. The number of benzene rings is 1. The van der Waals surface area contributed by atoms with Crippen LogP contribution in [0.15, 0.2) is 29.8 Å². The number of fused-ring (bicyclic) bond motifs is 1. The van der Waals surface area contributed by atoms with E-state index in [2.05, 4.69) is 50.8 Å². The molecule has 0 saturated carbocycles. The van der Waals surface area contributed by atoms with E-state index in [1.807, 2.05) is 0 Å². The number of allylic oxidation sites excluding steroid dienone is 1. The number of hydrogen-bond acceptors (Lipinski definition) is 0. The van der Waals surface area contributed by atoms with Crippen molar-refractivity contribution in [2.24, 2.45) is 0 Å². The number of hydrogen-bond donors (Lipinski definition) is 0. The quantitative estimate of drug-likeness (QED) is 0.504. The van der Waals surface area contributed by atoms with Gasteiger partial charge in [0.05, 0.1) is 0 Å². The van der Waals surface area contributed by atoms with E-state index in [-0.39, 0.29) is 24.8 Å². The summed E-state index contributed by atoms with van der Waals surface area (Å²) in [6.45, 7) is 9.71. The standard InChI is InChI=1S/C13H17Si.2ClH.Zr/c1-10-9-11-7-5-6-8-12(11)13(10)14(2,3)4;;;/h5-9H,1-4H3;2*1H;/q;;;+2/p-2. The van der Waals surface area contributed by atoms with Gasteiger partial charge >= 0.3 is 109 Å². The van der Waals surface area contributed by atoms with Crippen molar-refractivity contribution in [3.05, 3.63) is 41.0 Å². The molecule has 1 unspecified atom stereocenters. The Morgan fingerprint density at radius 3 is 2.12 bits per heavy atom. The molecule has 4 heteroatoms. The molecule has 0 spiro atoms. The maximum absolute atomic E-state index is 2.46. The SMILES string of the molecule is CC1=C([Si](C)(C)C)c2ccccc2[CH]1[Zr+2].[Cl-].[Cl-]. The normalized spacial score (nSPS) is 18.4. The van der Waals surface area contributed by atoms with Crippen LogP contribution in [-0.4, -0.2) is 8.07 Å². The van der Waals surface area contributed by atoms with Gasteiger partial charge in [-0.15, -0.1) is 0 Å². The fourth-order valence-corrected chi connectivity index (χ4v) is 6.25. The first kappa shape index (κ1) is 17.6. The minimum atomic E-state index is -1.19. The van der Waals surface area contributed by atoms with Crippen LogP contribution >= 0.6 is 0 Å². The molecule has 0 amide bonds. The van der Waals surface area contributed by atoms with Gasteiger partial charge in [-0.05, 0) is 0 Å². The first-order valence-corrected chi connectivity index (χ1v) is 10.4. The van der Waals surface area contributed by atoms with E-state index in [0.29, 0.717) is 0 Å². The third-order valence-electron chi connectivity index (χ3n) is 3.12. The van der Waals surface area contributed by atoms with Crippen LogP contribution in [0.5, 0.6) is 0 Å². The molecule has 1 aliphatic rings. The molecule has 0 saturated heterocycles. The molecule has 0 heterocycles. The monoisotopic (exact) mass is 361 g/mol. The van der Waals surface area contributed by atoms with Crippen molar-refractivity contribution in [1.82, 2.24) is 0 Å². The van der Waals surface area contributed by atoms with Gasteiger partial charge in [0.1, 0.15) is 0 Å². The minimum Gasteiger partial charge on any atom is -1.00 e. The zero-order valence-electron chi connectivity index (χ0n) is 10.6. The molecule has 0 nitrogen and oxygen atoms in total. The largest absolute Gasteiger partial charge is 1.00 e. The van der Waals surface area contributed by atoms with E-state index in [0.717, 1.165) is 3.63 Å². The average molecular weight is 363 g/mol. The van der Waals surface area contributed by atoms with E-state index in [1.165, 1.54) is 0 Å². The van der Waals surface area contributed by atoms with E-state index in [1.54, 1.807) is 46.6 Å². The molecule has 2 rings (SSSR count). The predicted molar refractivity (Wildman–Crippen MR) is 65.1 cm³/mol. The fourth-order valence-electron chi connectivity index (χ4n) is 2.56. The van der Waals surface area contributed by atoms with Crippen molar-refractivity contribution in [1.29, 1.82) is 0 Å². The third-order valence-corrected chi connectivity index (χ3v) is 7.11. The molecule has 1 atom stereocenters. The molecule has 1 aromatic rings. The van der Waals surface area contributed by atoms with Gasteiger partial charge in [0.25, 0.3) is 0 Å². The van der Waals surface area contributed by atoms with Crippen LogP contribution in [0.1, 0.15) is 21.7 Å². The molecular weight excluding hydrogens is 346 g/mol. The molecular formula is C13H17Cl2SiZr. The summed E-state index contributed by atoms with van der Waals surface area (Å²) in [7, 11) is -1.19. The second kappa shape index (κ2) is 6.19. The first-order valence-electron chi connectivity index (χ1n) is 5.44. The van der Waals surface area contributed by atoms with Crippen LogP contribution in [0.4, 0.5) is 0 Å². The Bertz CT molecular complexity index is 435. The van der Waals surface area contributed by atoms with Crippen molar-refractivity contribution >= 4 is 13.3 Å². The van der Waals surface area contributed by atoms with E-state index < -0.39 is 8.07 Å². The van der Waals surface area contributed by atoms with Gasteiger partial charge in [-0.25, -0.2) is 0 Å². The number of rotatable bonds is 1. The Balaban J connectivity index is 0.00000128. The summed E-state index contributed by atoms with van der Waals surface area (Å²) < 4.78 is 0.718. The van der Waals surface area contributed by atoms with Gasteiger partial charge in [0, 0.05) is 0 Å². The summed E-state index contributed by atoms with van der Waals surface area (Å²) in [6.07, 6.45) is 0. The van der Waals surface area contributed by atoms with Crippen LogP contribution in [0, 0.1) is 0 Å². The molecule has 0 aromatic heterocycles. The third kappa shape index (κ3) is 3.15. The Morgan fingerprint density at radius 1 is 1.06 bits per heavy atom. The molecule has 0 N–H and O–H groups in total. The van der Waals surface area contributed by atoms with Crippen LogP contribution < -0.4 is 24.8 Å². The predicted octanol–water partition coefficient (Wildman–Crippen LogP) is -2.05. The van der Waals surface area contributed by atoms with Gasteiger partial charge in [0.2, 0.25) is 0 Å². The second-order valence-electron chi connectivity index (χ2n) is 5.33. The molecule has 0 aliphatic heterocycles. The summed E-state index contributed by atoms with van der Waals surface area (Å²) in [5, 5.41) is 1.71. The van der Waals surface area contributed by atoms with Crippen LogP contribution in [0.3, 0.4) is 0 Å². The molecule has 1 aliphatic carbocycles. The van der Waals surface area contributed by atoms with Crippen LogP contribution in [-0.2, 0) is 24.7 Å². The molecule has 1 aromatic carbocycles. The molecule has 17 heavy (non-hydrogen) atoms. The summed E-state index contributed by atoms with van der Waals surface area (Å²) in [5.41, 5.74) is 4.77. The zero-order chi connectivity index (χ0) is 11.2. The smallest absolute Gasteiger partial charge is 1.00 e. The van der Waals surface area contributed by atoms with Crippen molar-refractivity contribution in [3.63, 3.8) is 0 Å². The van der Waals surface area contributed by atoms with Gasteiger partial charge in [-0.2, -0.15) is 0 Å². The van der Waals surface area contributed by atoms with Gasteiger partial charge in [-0.1, -0.05) is 0 Å².